The van der Waals surface area contributed by atoms with Gasteiger partial charge in [-0.3, -0.25) is 4.79 Å². The number of furan rings is 1. The first-order valence-corrected chi connectivity index (χ1v) is 9.77. The van der Waals surface area contributed by atoms with Crippen molar-refractivity contribution in [3.63, 3.8) is 0 Å². The van der Waals surface area contributed by atoms with Crippen LogP contribution in [-0.2, 0) is 4.74 Å². The Morgan fingerprint density at radius 1 is 1.31 bits per heavy atom. The lowest BCUT2D eigenvalue weighted by Crippen LogP contribution is -2.45. The SMILES string of the molecule is Cc1oc(C)c(C(=O)N2CCCC(CN(C)C(=O)OC(C)(C)C)C2)c1Br. The van der Waals surface area contributed by atoms with Crippen LogP contribution in [0.4, 0.5) is 4.79 Å². The zero-order valence-electron chi connectivity index (χ0n) is 16.5. The molecule has 0 radical (unpaired) electrons. The monoisotopic (exact) mass is 428 g/mol. The smallest absolute Gasteiger partial charge is 0.410 e. The van der Waals surface area contributed by atoms with Crippen LogP contribution in [-0.4, -0.2) is 54.1 Å². The summed E-state index contributed by atoms with van der Waals surface area (Å²) in [5, 5.41) is 0. The number of carbonyl (C=O) groups is 2. The van der Waals surface area contributed by atoms with E-state index in [1.165, 1.54) is 0 Å². The topological polar surface area (TPSA) is 63.0 Å². The molecule has 1 saturated heterocycles. The van der Waals surface area contributed by atoms with Gasteiger partial charge < -0.3 is 19.0 Å². The summed E-state index contributed by atoms with van der Waals surface area (Å²) in [6.07, 6.45) is 1.58. The molecule has 0 aromatic carbocycles. The third kappa shape index (κ3) is 5.02. The fourth-order valence-electron chi connectivity index (χ4n) is 3.26. The van der Waals surface area contributed by atoms with E-state index in [2.05, 4.69) is 15.9 Å². The van der Waals surface area contributed by atoms with Gasteiger partial charge in [0.25, 0.3) is 5.91 Å². The molecule has 1 aliphatic rings. The van der Waals surface area contributed by atoms with Crippen molar-refractivity contribution in [1.29, 1.82) is 0 Å². The first kappa shape index (κ1) is 20.8. The number of amides is 2. The summed E-state index contributed by atoms with van der Waals surface area (Å²) in [4.78, 5) is 28.6. The van der Waals surface area contributed by atoms with Crippen LogP contribution in [0.5, 0.6) is 0 Å². The molecule has 0 bridgehead atoms. The molecule has 0 saturated carbocycles. The van der Waals surface area contributed by atoms with Gasteiger partial charge in [0.15, 0.2) is 0 Å². The highest BCUT2D eigenvalue weighted by molar-refractivity contribution is 9.10. The van der Waals surface area contributed by atoms with Crippen LogP contribution in [0.1, 0.15) is 55.5 Å². The fraction of sp³-hybridized carbons (Fsp3) is 0.684. The Labute approximate surface area is 164 Å². The highest BCUT2D eigenvalue weighted by Gasteiger charge is 2.30. The summed E-state index contributed by atoms with van der Waals surface area (Å²) in [5.74, 6) is 1.56. The molecule has 6 nitrogen and oxygen atoms in total. The summed E-state index contributed by atoms with van der Waals surface area (Å²) in [7, 11) is 1.75. The maximum absolute atomic E-state index is 12.9. The molecular weight excluding hydrogens is 400 g/mol. The van der Waals surface area contributed by atoms with E-state index in [9.17, 15) is 9.59 Å². The Hall–Kier alpha value is -1.50. The Morgan fingerprint density at radius 2 is 1.96 bits per heavy atom. The molecule has 0 N–H and O–H groups in total. The number of ether oxygens (including phenoxy) is 1. The van der Waals surface area contributed by atoms with E-state index in [-0.39, 0.29) is 17.9 Å². The van der Waals surface area contributed by atoms with Crippen molar-refractivity contribution in [3.8, 4) is 0 Å². The fourth-order valence-corrected chi connectivity index (χ4v) is 3.79. The van der Waals surface area contributed by atoms with E-state index in [1.54, 1.807) is 11.9 Å². The highest BCUT2D eigenvalue weighted by Crippen LogP contribution is 2.30. The van der Waals surface area contributed by atoms with Gasteiger partial charge in [-0.05, 0) is 69.3 Å². The first-order valence-electron chi connectivity index (χ1n) is 8.98. The number of rotatable bonds is 3. The number of piperidine rings is 1. The lowest BCUT2D eigenvalue weighted by molar-refractivity contribution is 0.0244. The molecule has 0 aliphatic carbocycles. The van der Waals surface area contributed by atoms with Crippen LogP contribution in [0.15, 0.2) is 8.89 Å². The average Bonchev–Trinajstić information content (AvgIpc) is 2.78. The third-order valence-corrected chi connectivity index (χ3v) is 5.40. The van der Waals surface area contributed by atoms with E-state index in [0.717, 1.165) is 23.9 Å². The minimum Gasteiger partial charge on any atom is -0.465 e. The number of carbonyl (C=O) groups excluding carboxylic acids is 2. The zero-order chi connectivity index (χ0) is 19.6. The molecule has 1 aliphatic heterocycles. The van der Waals surface area contributed by atoms with E-state index < -0.39 is 5.60 Å². The van der Waals surface area contributed by atoms with Crippen molar-refractivity contribution in [2.75, 3.05) is 26.7 Å². The van der Waals surface area contributed by atoms with Crippen molar-refractivity contribution >= 4 is 27.9 Å². The quantitative estimate of drug-likeness (QED) is 0.716. The molecule has 1 aromatic heterocycles. The molecule has 0 spiro atoms. The minimum atomic E-state index is -0.511. The van der Waals surface area contributed by atoms with Crippen LogP contribution < -0.4 is 0 Å². The van der Waals surface area contributed by atoms with E-state index in [0.29, 0.717) is 30.2 Å². The van der Waals surface area contributed by atoms with Crippen LogP contribution in [0.3, 0.4) is 0 Å². The van der Waals surface area contributed by atoms with E-state index in [1.807, 2.05) is 39.5 Å². The van der Waals surface area contributed by atoms with Crippen molar-refractivity contribution < 1.29 is 18.7 Å². The summed E-state index contributed by atoms with van der Waals surface area (Å²) in [6, 6.07) is 0. The second-order valence-electron chi connectivity index (χ2n) is 8.02. The molecule has 1 fully saturated rings. The van der Waals surface area contributed by atoms with Gasteiger partial charge in [-0.1, -0.05) is 0 Å². The van der Waals surface area contributed by atoms with Gasteiger partial charge >= 0.3 is 6.09 Å². The predicted octanol–water partition coefficient (Wildman–Crippen LogP) is 4.38. The van der Waals surface area contributed by atoms with Crippen LogP contribution >= 0.6 is 15.9 Å². The number of hydrogen-bond acceptors (Lipinski definition) is 4. The van der Waals surface area contributed by atoms with Crippen LogP contribution in [0.2, 0.25) is 0 Å². The number of halogens is 1. The van der Waals surface area contributed by atoms with E-state index in [4.69, 9.17) is 9.15 Å². The average molecular weight is 429 g/mol. The maximum atomic E-state index is 12.9. The third-order valence-electron chi connectivity index (χ3n) is 4.44. The van der Waals surface area contributed by atoms with Gasteiger partial charge in [0, 0.05) is 26.7 Å². The minimum absolute atomic E-state index is 0.0177. The molecule has 146 valence electrons. The molecule has 2 heterocycles. The van der Waals surface area contributed by atoms with Gasteiger partial charge in [0.1, 0.15) is 17.1 Å². The molecular formula is C19H29BrN2O4. The number of aryl methyl sites for hydroxylation is 2. The molecule has 7 heteroatoms. The molecule has 2 amide bonds. The van der Waals surface area contributed by atoms with Gasteiger partial charge in [-0.2, -0.15) is 0 Å². The Balaban J connectivity index is 2.00. The van der Waals surface area contributed by atoms with Crippen molar-refractivity contribution in [3.05, 3.63) is 21.6 Å². The Morgan fingerprint density at radius 3 is 2.50 bits per heavy atom. The molecule has 1 atom stereocenters. The summed E-state index contributed by atoms with van der Waals surface area (Å²) in [5.41, 5.74) is 0.0895. The lowest BCUT2D eigenvalue weighted by Gasteiger charge is -2.35. The van der Waals surface area contributed by atoms with Crippen molar-refractivity contribution in [1.82, 2.24) is 9.80 Å². The number of likely N-dealkylation sites (tertiary alicyclic amines) is 1. The molecule has 2 rings (SSSR count). The highest BCUT2D eigenvalue weighted by atomic mass is 79.9. The maximum Gasteiger partial charge on any atom is 0.410 e. The van der Waals surface area contributed by atoms with Crippen LogP contribution in [0, 0.1) is 19.8 Å². The van der Waals surface area contributed by atoms with Crippen LogP contribution in [0.25, 0.3) is 0 Å². The molecule has 1 aromatic rings. The van der Waals surface area contributed by atoms with Gasteiger partial charge in [-0.15, -0.1) is 0 Å². The summed E-state index contributed by atoms with van der Waals surface area (Å²) in [6.45, 7) is 11.1. The van der Waals surface area contributed by atoms with Crippen molar-refractivity contribution in [2.24, 2.45) is 5.92 Å². The Bertz CT molecular complexity index is 678. The molecule has 1 unspecified atom stereocenters. The normalized spacial score (nSPS) is 18.0. The standard InChI is InChI=1S/C19H29BrN2O4/c1-12-15(16(20)13(2)25-12)17(23)22-9-7-8-14(11-22)10-21(6)18(24)26-19(3,4)5/h14H,7-11H2,1-6H3. The van der Waals surface area contributed by atoms with Gasteiger partial charge in [0.05, 0.1) is 10.0 Å². The van der Waals surface area contributed by atoms with Gasteiger partial charge in [0.2, 0.25) is 0 Å². The van der Waals surface area contributed by atoms with Crippen molar-refractivity contribution in [2.45, 2.75) is 53.1 Å². The lowest BCUT2D eigenvalue weighted by atomic mass is 9.97. The molecule has 26 heavy (non-hydrogen) atoms. The number of nitrogens with zero attached hydrogens (tertiary/aromatic N) is 2. The Kier molecular flexibility index (Phi) is 6.42. The summed E-state index contributed by atoms with van der Waals surface area (Å²) < 4.78 is 11.7. The number of hydrogen-bond donors (Lipinski definition) is 0. The predicted molar refractivity (Wildman–Crippen MR) is 103 cm³/mol. The second kappa shape index (κ2) is 8.03. The van der Waals surface area contributed by atoms with Gasteiger partial charge in [-0.25, -0.2) is 4.79 Å². The zero-order valence-corrected chi connectivity index (χ0v) is 18.1. The largest absolute Gasteiger partial charge is 0.465 e. The summed E-state index contributed by atoms with van der Waals surface area (Å²) >= 11 is 3.46. The first-order chi connectivity index (χ1) is 12.0. The second-order valence-corrected chi connectivity index (χ2v) is 8.82. The van der Waals surface area contributed by atoms with E-state index >= 15 is 0 Å².